The maximum absolute atomic E-state index is 4.94. The van der Waals surface area contributed by atoms with Gasteiger partial charge in [-0.05, 0) is 67.1 Å². The minimum atomic E-state index is 0.770. The summed E-state index contributed by atoms with van der Waals surface area (Å²) in [5, 5.41) is 8.57. The second kappa shape index (κ2) is 8.15. The Morgan fingerprint density at radius 2 is 0.971 bits per heavy atom. The number of hydrogen-bond donors (Lipinski definition) is 0. The van der Waals surface area contributed by atoms with E-state index in [-0.39, 0.29) is 0 Å². The van der Waals surface area contributed by atoms with Gasteiger partial charge in [-0.2, -0.15) is 4.37 Å². The first-order valence-electron chi connectivity index (χ1n) is 11.7. The molecule has 0 N–H and O–H groups in total. The van der Waals surface area contributed by atoms with Crippen LogP contribution in [0, 0.1) is 0 Å². The highest BCUT2D eigenvalue weighted by Crippen LogP contribution is 2.37. The number of hydrogen-bond acceptors (Lipinski definition) is 3. The van der Waals surface area contributed by atoms with Gasteiger partial charge in [-0.25, -0.2) is 4.98 Å². The molecule has 0 unspecified atom stereocenters. The molecule has 6 aromatic carbocycles. The molecule has 0 fully saturated rings. The van der Waals surface area contributed by atoms with Crippen molar-refractivity contribution in [1.29, 1.82) is 0 Å². The Hall–Kier alpha value is -4.34. The van der Waals surface area contributed by atoms with Crippen molar-refractivity contribution < 1.29 is 0 Å². The highest BCUT2D eigenvalue weighted by Gasteiger charge is 2.13. The van der Waals surface area contributed by atoms with E-state index in [0.29, 0.717) is 0 Å². The summed E-state index contributed by atoms with van der Waals surface area (Å²) in [6.07, 6.45) is 0. The molecule has 164 valence electrons. The molecule has 0 aliphatic rings. The summed E-state index contributed by atoms with van der Waals surface area (Å²) in [6, 6.07) is 42.9. The van der Waals surface area contributed by atoms with Gasteiger partial charge >= 0.3 is 0 Å². The van der Waals surface area contributed by atoms with Crippen LogP contribution in [-0.4, -0.2) is 9.36 Å². The van der Waals surface area contributed by atoms with Gasteiger partial charge in [0.2, 0.25) is 0 Å². The van der Waals surface area contributed by atoms with Gasteiger partial charge in [-0.3, -0.25) is 0 Å². The molecule has 0 bridgehead atoms. The molecule has 0 atom stereocenters. The van der Waals surface area contributed by atoms with Crippen molar-refractivity contribution in [3.8, 4) is 33.1 Å². The first-order chi connectivity index (χ1) is 17.3. The summed E-state index contributed by atoms with van der Waals surface area (Å²) >= 11 is 1.46. The van der Waals surface area contributed by atoms with Crippen molar-refractivity contribution in [2.45, 2.75) is 0 Å². The van der Waals surface area contributed by atoms with Gasteiger partial charge in [0.25, 0.3) is 0 Å². The lowest BCUT2D eigenvalue weighted by molar-refractivity contribution is 1.33. The van der Waals surface area contributed by atoms with Crippen molar-refractivity contribution in [2.24, 2.45) is 0 Å². The van der Waals surface area contributed by atoms with Gasteiger partial charge in [0.05, 0.1) is 0 Å². The van der Waals surface area contributed by atoms with E-state index in [1.54, 1.807) is 0 Å². The summed E-state index contributed by atoms with van der Waals surface area (Å²) in [5.74, 6) is 0.770. The van der Waals surface area contributed by atoms with Gasteiger partial charge in [0, 0.05) is 11.1 Å². The minimum Gasteiger partial charge on any atom is -0.215 e. The van der Waals surface area contributed by atoms with Gasteiger partial charge in [0.1, 0.15) is 5.01 Å². The van der Waals surface area contributed by atoms with E-state index in [1.807, 2.05) is 6.07 Å². The molecule has 1 heterocycles. The number of fused-ring (bicyclic) bond motifs is 6. The molecule has 2 nitrogen and oxygen atoms in total. The van der Waals surface area contributed by atoms with Gasteiger partial charge in [-0.15, -0.1) is 0 Å². The fourth-order valence-electron chi connectivity index (χ4n) is 4.97. The zero-order valence-electron chi connectivity index (χ0n) is 18.8. The van der Waals surface area contributed by atoms with Crippen LogP contribution >= 0.6 is 11.5 Å². The molecule has 0 saturated carbocycles. The number of rotatable bonds is 3. The van der Waals surface area contributed by atoms with Crippen LogP contribution < -0.4 is 0 Å². The predicted octanol–water partition coefficient (Wildman–Crippen LogP) is 9.00. The third-order valence-corrected chi connectivity index (χ3v) is 7.41. The maximum Gasteiger partial charge on any atom is 0.173 e. The van der Waals surface area contributed by atoms with Crippen molar-refractivity contribution in [3.05, 3.63) is 121 Å². The molecule has 0 radical (unpaired) electrons. The maximum atomic E-state index is 4.94. The van der Waals surface area contributed by atoms with Crippen molar-refractivity contribution in [2.75, 3.05) is 0 Å². The average Bonchev–Trinajstić information content (AvgIpc) is 3.44. The quantitative estimate of drug-likeness (QED) is 0.244. The topological polar surface area (TPSA) is 25.8 Å². The fourth-order valence-corrected chi connectivity index (χ4v) is 5.65. The SMILES string of the molecule is c1ccc(-c2cccc(-c3nsc(-c4ccc5c6ccccc6c6ccccc6c5c4)n3)c2)cc1. The summed E-state index contributed by atoms with van der Waals surface area (Å²) in [7, 11) is 0. The summed E-state index contributed by atoms with van der Waals surface area (Å²) in [4.78, 5) is 4.94. The van der Waals surface area contributed by atoms with E-state index in [4.69, 9.17) is 9.36 Å². The zero-order chi connectivity index (χ0) is 23.2. The van der Waals surface area contributed by atoms with Crippen LogP contribution in [0.2, 0.25) is 0 Å². The largest absolute Gasteiger partial charge is 0.215 e. The smallest absolute Gasteiger partial charge is 0.173 e. The van der Waals surface area contributed by atoms with Crippen LogP contribution in [0.15, 0.2) is 121 Å². The van der Waals surface area contributed by atoms with E-state index < -0.39 is 0 Å². The lowest BCUT2D eigenvalue weighted by Gasteiger charge is -2.11. The molecule has 0 aliphatic heterocycles. The molecule has 0 aliphatic carbocycles. The number of benzene rings is 6. The standard InChI is InChI=1S/C32H20N2S/c1-2-9-21(10-3-1)22-11-8-12-23(19-22)31-33-32(35-34-31)24-17-18-29-27-15-5-4-13-25(27)26-14-6-7-16-28(26)30(29)20-24/h1-20H. The number of nitrogens with zero attached hydrogens (tertiary/aromatic N) is 2. The number of aromatic nitrogens is 2. The molecule has 1 aromatic heterocycles. The van der Waals surface area contributed by atoms with Crippen molar-refractivity contribution >= 4 is 43.8 Å². The third-order valence-electron chi connectivity index (χ3n) is 6.65. The van der Waals surface area contributed by atoms with Crippen molar-refractivity contribution in [1.82, 2.24) is 9.36 Å². The summed E-state index contributed by atoms with van der Waals surface area (Å²) < 4.78 is 4.72. The van der Waals surface area contributed by atoms with E-state index >= 15 is 0 Å². The summed E-state index contributed by atoms with van der Waals surface area (Å²) in [5.41, 5.74) is 4.49. The van der Waals surface area contributed by atoms with E-state index in [1.165, 1.54) is 55.0 Å². The van der Waals surface area contributed by atoms with Crippen LogP contribution in [-0.2, 0) is 0 Å². The van der Waals surface area contributed by atoms with Gasteiger partial charge in [-0.1, -0.05) is 109 Å². The van der Waals surface area contributed by atoms with Crippen LogP contribution in [0.3, 0.4) is 0 Å². The molecule has 0 amide bonds. The minimum absolute atomic E-state index is 0.770. The predicted molar refractivity (Wildman–Crippen MR) is 149 cm³/mol. The average molecular weight is 465 g/mol. The second-order valence-electron chi connectivity index (χ2n) is 8.72. The van der Waals surface area contributed by atoms with Crippen LogP contribution in [0.25, 0.3) is 65.4 Å². The van der Waals surface area contributed by atoms with Crippen LogP contribution in [0.4, 0.5) is 0 Å². The Kier molecular flexibility index (Phi) is 4.68. The fraction of sp³-hybridized carbons (Fsp3) is 0. The first-order valence-corrected chi connectivity index (χ1v) is 12.5. The van der Waals surface area contributed by atoms with Crippen molar-refractivity contribution in [3.63, 3.8) is 0 Å². The summed E-state index contributed by atoms with van der Waals surface area (Å²) in [6.45, 7) is 0. The lowest BCUT2D eigenvalue weighted by atomic mass is 9.93. The zero-order valence-corrected chi connectivity index (χ0v) is 19.7. The normalized spacial score (nSPS) is 11.4. The highest BCUT2D eigenvalue weighted by atomic mass is 32.1. The van der Waals surface area contributed by atoms with E-state index in [2.05, 4.69) is 115 Å². The molecule has 7 rings (SSSR count). The Morgan fingerprint density at radius 3 is 1.69 bits per heavy atom. The van der Waals surface area contributed by atoms with Crippen LogP contribution in [0.1, 0.15) is 0 Å². The molecule has 3 heteroatoms. The molecule has 0 saturated heterocycles. The highest BCUT2D eigenvalue weighted by molar-refractivity contribution is 7.09. The Labute approximate surface area is 207 Å². The molecule has 35 heavy (non-hydrogen) atoms. The lowest BCUT2D eigenvalue weighted by Crippen LogP contribution is -1.85. The molecule has 0 spiro atoms. The monoisotopic (exact) mass is 464 g/mol. The first kappa shape index (κ1) is 20.1. The third kappa shape index (κ3) is 3.40. The second-order valence-corrected chi connectivity index (χ2v) is 9.47. The molecular formula is C32H20N2S. The molecule has 7 aromatic rings. The molecular weight excluding hydrogens is 444 g/mol. The van der Waals surface area contributed by atoms with Crippen LogP contribution in [0.5, 0.6) is 0 Å². The van der Waals surface area contributed by atoms with E-state index in [9.17, 15) is 0 Å². The van der Waals surface area contributed by atoms with Gasteiger partial charge < -0.3 is 0 Å². The Balaban J connectivity index is 1.35. The van der Waals surface area contributed by atoms with E-state index in [0.717, 1.165) is 22.0 Å². The Morgan fingerprint density at radius 1 is 0.400 bits per heavy atom. The Bertz CT molecular complexity index is 1820. The van der Waals surface area contributed by atoms with Gasteiger partial charge in [0.15, 0.2) is 5.82 Å².